The molecule has 3 rings (SSSR count). The molecule has 0 aliphatic rings. The van der Waals surface area contributed by atoms with E-state index in [0.717, 1.165) is 4.88 Å². The topological polar surface area (TPSA) is 108 Å². The van der Waals surface area contributed by atoms with Gasteiger partial charge >= 0.3 is 5.69 Å². The second-order valence-corrected chi connectivity index (χ2v) is 6.24. The molecule has 11 heteroatoms. The van der Waals surface area contributed by atoms with E-state index in [1.54, 1.807) is 0 Å². The number of nitro groups is 1. The molecule has 0 aliphatic carbocycles. The third-order valence-corrected chi connectivity index (χ3v) is 4.56. The minimum absolute atomic E-state index is 0.100. The number of rotatable bonds is 6. The summed E-state index contributed by atoms with van der Waals surface area (Å²) in [6, 6.07) is 6.55. The number of benzene rings is 1. The lowest BCUT2D eigenvalue weighted by molar-refractivity contribution is -0.385. The number of ether oxygens (including phenoxy) is 2. The van der Waals surface area contributed by atoms with E-state index in [1.807, 2.05) is 17.5 Å². The van der Waals surface area contributed by atoms with E-state index in [4.69, 9.17) is 21.7 Å². The summed E-state index contributed by atoms with van der Waals surface area (Å²) in [5.74, 6) is 1.02. The number of hydrogen-bond donors (Lipinski definition) is 1. The zero-order valence-electron chi connectivity index (χ0n) is 13.7. The zero-order chi connectivity index (χ0) is 18.7. The summed E-state index contributed by atoms with van der Waals surface area (Å²) >= 11 is 6.70. The summed E-state index contributed by atoms with van der Waals surface area (Å²) in [5.41, 5.74) is 0.212. The smallest absolute Gasteiger partial charge is 0.311 e. The average molecular weight is 391 g/mol. The van der Waals surface area contributed by atoms with Gasteiger partial charge in [0.2, 0.25) is 10.5 Å². The number of nitro benzene ring substituents is 1. The van der Waals surface area contributed by atoms with Crippen LogP contribution in [0.2, 0.25) is 0 Å². The molecular weight excluding hydrogens is 378 g/mol. The van der Waals surface area contributed by atoms with Crippen molar-refractivity contribution in [3.8, 4) is 22.2 Å². The first kappa shape index (κ1) is 17.8. The Kier molecular flexibility index (Phi) is 5.09. The second kappa shape index (κ2) is 7.45. The minimum atomic E-state index is -0.532. The van der Waals surface area contributed by atoms with Crippen molar-refractivity contribution in [1.82, 2.24) is 14.9 Å². The number of nitrogens with one attached hydrogen (secondary N) is 1. The van der Waals surface area contributed by atoms with Gasteiger partial charge in [-0.05, 0) is 23.7 Å². The summed E-state index contributed by atoms with van der Waals surface area (Å²) in [4.78, 5) is 11.6. The van der Waals surface area contributed by atoms with Gasteiger partial charge in [-0.25, -0.2) is 5.10 Å². The normalized spacial score (nSPS) is 11.0. The molecule has 0 atom stereocenters. The lowest BCUT2D eigenvalue weighted by atomic mass is 10.1. The van der Waals surface area contributed by atoms with E-state index in [-0.39, 0.29) is 11.4 Å². The molecule has 2 heterocycles. The van der Waals surface area contributed by atoms with Crippen LogP contribution in [0.1, 0.15) is 5.56 Å². The molecule has 0 aliphatic heterocycles. The first-order valence-corrected chi connectivity index (χ1v) is 8.50. The molecule has 0 unspecified atom stereocenters. The van der Waals surface area contributed by atoms with Crippen LogP contribution in [-0.2, 0) is 0 Å². The van der Waals surface area contributed by atoms with Crippen LogP contribution in [0.5, 0.6) is 11.5 Å². The van der Waals surface area contributed by atoms with Crippen LogP contribution in [-0.4, -0.2) is 40.2 Å². The van der Waals surface area contributed by atoms with Crippen LogP contribution in [0.25, 0.3) is 10.7 Å². The van der Waals surface area contributed by atoms with Gasteiger partial charge in [0.05, 0.1) is 30.2 Å². The summed E-state index contributed by atoms with van der Waals surface area (Å²) in [6.07, 6.45) is 1.42. The highest BCUT2D eigenvalue weighted by atomic mass is 32.1. The maximum Gasteiger partial charge on any atom is 0.311 e. The Balaban J connectivity index is 2.07. The summed E-state index contributed by atoms with van der Waals surface area (Å²) < 4.78 is 12.1. The predicted molar refractivity (Wildman–Crippen MR) is 99.9 cm³/mol. The molecule has 0 spiro atoms. The number of methoxy groups -OCH3 is 2. The fraction of sp³-hybridized carbons (Fsp3) is 0.133. The molecule has 1 aromatic carbocycles. The van der Waals surface area contributed by atoms with Gasteiger partial charge in [0, 0.05) is 17.7 Å². The van der Waals surface area contributed by atoms with Gasteiger partial charge < -0.3 is 9.47 Å². The van der Waals surface area contributed by atoms with Gasteiger partial charge in [-0.2, -0.15) is 14.9 Å². The lowest BCUT2D eigenvalue weighted by Gasteiger charge is -2.08. The largest absolute Gasteiger partial charge is 0.496 e. The maximum absolute atomic E-state index is 11.2. The minimum Gasteiger partial charge on any atom is -0.496 e. The molecule has 0 saturated carbocycles. The van der Waals surface area contributed by atoms with Crippen molar-refractivity contribution in [2.45, 2.75) is 0 Å². The molecule has 0 radical (unpaired) electrons. The summed E-state index contributed by atoms with van der Waals surface area (Å²) in [6.45, 7) is 0. The molecule has 9 nitrogen and oxygen atoms in total. The number of H-pyrrole nitrogens is 1. The first-order chi connectivity index (χ1) is 12.5. The monoisotopic (exact) mass is 391 g/mol. The zero-order valence-corrected chi connectivity index (χ0v) is 15.3. The van der Waals surface area contributed by atoms with Gasteiger partial charge in [-0.1, -0.05) is 6.07 Å². The highest BCUT2D eigenvalue weighted by molar-refractivity contribution is 7.71. The van der Waals surface area contributed by atoms with Crippen molar-refractivity contribution in [2.24, 2.45) is 5.10 Å². The van der Waals surface area contributed by atoms with Crippen molar-refractivity contribution in [1.29, 1.82) is 0 Å². The quantitative estimate of drug-likeness (QED) is 0.298. The third kappa shape index (κ3) is 3.34. The number of nitrogens with zero attached hydrogens (tertiary/aromatic N) is 4. The van der Waals surface area contributed by atoms with E-state index in [1.165, 1.54) is 48.6 Å². The number of aromatic nitrogens is 3. The Morgan fingerprint density at radius 3 is 2.77 bits per heavy atom. The molecule has 0 saturated heterocycles. The van der Waals surface area contributed by atoms with E-state index < -0.39 is 4.92 Å². The Hall–Kier alpha value is -3.05. The number of aromatic amines is 1. The number of thiophene rings is 1. The van der Waals surface area contributed by atoms with Crippen LogP contribution in [0.15, 0.2) is 34.7 Å². The highest BCUT2D eigenvalue weighted by Gasteiger charge is 2.19. The van der Waals surface area contributed by atoms with Gasteiger partial charge in [-0.15, -0.1) is 11.3 Å². The molecule has 0 amide bonds. The molecule has 3 aromatic rings. The molecule has 134 valence electrons. The maximum atomic E-state index is 11.2. The van der Waals surface area contributed by atoms with Crippen LogP contribution in [0.4, 0.5) is 5.69 Å². The van der Waals surface area contributed by atoms with Crippen LogP contribution in [0, 0.1) is 14.9 Å². The van der Waals surface area contributed by atoms with E-state index >= 15 is 0 Å². The van der Waals surface area contributed by atoms with Gasteiger partial charge in [0.25, 0.3) is 0 Å². The SMILES string of the molecule is COc1cc(OC)c([N+](=O)[O-])cc1/C=N\n1c(-c2cccs2)n[nH]c1=S. The van der Waals surface area contributed by atoms with E-state index in [2.05, 4.69) is 15.3 Å². The van der Waals surface area contributed by atoms with Crippen molar-refractivity contribution >= 4 is 35.5 Å². The fourth-order valence-electron chi connectivity index (χ4n) is 2.23. The Morgan fingerprint density at radius 1 is 1.38 bits per heavy atom. The van der Waals surface area contributed by atoms with Crippen LogP contribution < -0.4 is 9.47 Å². The molecular formula is C15H13N5O4S2. The predicted octanol–water partition coefficient (Wildman–Crippen LogP) is 3.48. The summed E-state index contributed by atoms with van der Waals surface area (Å²) in [5, 5.41) is 24.3. The number of hydrogen-bond acceptors (Lipinski definition) is 8. The first-order valence-electron chi connectivity index (χ1n) is 7.21. The van der Waals surface area contributed by atoms with Crippen molar-refractivity contribution < 1.29 is 14.4 Å². The van der Waals surface area contributed by atoms with Crippen molar-refractivity contribution in [3.05, 3.63) is 50.1 Å². The highest BCUT2D eigenvalue weighted by Crippen LogP contribution is 2.33. The third-order valence-electron chi connectivity index (χ3n) is 3.43. The van der Waals surface area contributed by atoms with Gasteiger partial charge in [0.15, 0.2) is 5.82 Å². The van der Waals surface area contributed by atoms with Crippen LogP contribution >= 0.6 is 23.6 Å². The fourth-order valence-corrected chi connectivity index (χ4v) is 3.11. The molecule has 0 bridgehead atoms. The van der Waals surface area contributed by atoms with Crippen LogP contribution in [0.3, 0.4) is 0 Å². The molecule has 2 aromatic heterocycles. The van der Waals surface area contributed by atoms with E-state index in [0.29, 0.717) is 21.9 Å². The van der Waals surface area contributed by atoms with E-state index in [9.17, 15) is 10.1 Å². The molecule has 0 fully saturated rings. The average Bonchev–Trinajstić information content (AvgIpc) is 3.28. The Labute approximate surface area is 156 Å². The Bertz CT molecular complexity index is 1020. The van der Waals surface area contributed by atoms with Gasteiger partial charge in [-0.3, -0.25) is 10.1 Å². The molecule has 26 heavy (non-hydrogen) atoms. The van der Waals surface area contributed by atoms with Crippen molar-refractivity contribution in [2.75, 3.05) is 14.2 Å². The second-order valence-electron chi connectivity index (χ2n) is 4.91. The lowest BCUT2D eigenvalue weighted by Crippen LogP contribution is -2.00. The Morgan fingerprint density at radius 2 is 2.15 bits per heavy atom. The van der Waals surface area contributed by atoms with Gasteiger partial charge in [0.1, 0.15) is 5.75 Å². The van der Waals surface area contributed by atoms with Crippen molar-refractivity contribution in [3.63, 3.8) is 0 Å². The molecule has 1 N–H and O–H groups in total. The standard InChI is InChI=1S/C15H13N5O4S2/c1-23-11-7-12(24-2)10(20(21)22)6-9(11)8-16-19-14(17-18-15(19)25)13-4-3-5-26-13/h3-8H,1-2H3,(H,18,25)/b16-8-. The summed E-state index contributed by atoms with van der Waals surface area (Å²) in [7, 11) is 2.81.